The number of amides is 2. The van der Waals surface area contributed by atoms with Gasteiger partial charge in [-0.1, -0.05) is 13.0 Å². The first-order valence-corrected chi connectivity index (χ1v) is 7.00. The number of nitrogens with one attached hydrogen (secondary N) is 1. The summed E-state index contributed by atoms with van der Waals surface area (Å²) in [6.45, 7) is 2.90. The van der Waals surface area contributed by atoms with Crippen molar-refractivity contribution in [2.24, 2.45) is 0 Å². The second-order valence-electron chi connectivity index (χ2n) is 4.94. The van der Waals surface area contributed by atoms with Crippen molar-refractivity contribution in [2.75, 3.05) is 13.1 Å². The van der Waals surface area contributed by atoms with E-state index in [2.05, 4.69) is 15.3 Å². The lowest BCUT2D eigenvalue weighted by molar-refractivity contribution is -0.127. The van der Waals surface area contributed by atoms with Crippen LogP contribution in [0.15, 0.2) is 30.6 Å². The van der Waals surface area contributed by atoms with Crippen molar-refractivity contribution >= 4 is 22.8 Å². The lowest BCUT2D eigenvalue weighted by atomic mass is 10.1. The average Bonchev–Trinajstić information content (AvgIpc) is 2.53. The summed E-state index contributed by atoms with van der Waals surface area (Å²) >= 11 is 0. The van der Waals surface area contributed by atoms with Gasteiger partial charge in [-0.15, -0.1) is 0 Å². The summed E-state index contributed by atoms with van der Waals surface area (Å²) < 4.78 is 0. The van der Waals surface area contributed by atoms with E-state index in [-0.39, 0.29) is 11.8 Å². The Morgan fingerprint density at radius 3 is 3.00 bits per heavy atom. The van der Waals surface area contributed by atoms with Crippen LogP contribution in [0, 0.1) is 0 Å². The third-order valence-electron chi connectivity index (χ3n) is 3.71. The number of fused-ring (bicyclic) bond motifs is 1. The van der Waals surface area contributed by atoms with Gasteiger partial charge in [-0.2, -0.15) is 0 Å². The van der Waals surface area contributed by atoms with Crippen molar-refractivity contribution < 1.29 is 9.59 Å². The van der Waals surface area contributed by atoms with Gasteiger partial charge in [0.05, 0.1) is 11.1 Å². The zero-order valence-corrected chi connectivity index (χ0v) is 11.7. The normalized spacial score (nSPS) is 18.6. The van der Waals surface area contributed by atoms with Gasteiger partial charge >= 0.3 is 0 Å². The SMILES string of the molecule is CCC1C(=O)NCCN1C(=O)c1cccc2nccnc12. The minimum atomic E-state index is -0.418. The van der Waals surface area contributed by atoms with Gasteiger partial charge < -0.3 is 10.2 Å². The molecule has 1 aliphatic rings. The number of nitrogens with zero attached hydrogens (tertiary/aromatic N) is 3. The van der Waals surface area contributed by atoms with Crippen molar-refractivity contribution in [1.29, 1.82) is 0 Å². The number of hydrogen-bond acceptors (Lipinski definition) is 4. The highest BCUT2D eigenvalue weighted by Crippen LogP contribution is 2.19. The number of piperazine rings is 1. The van der Waals surface area contributed by atoms with E-state index in [9.17, 15) is 9.59 Å². The van der Waals surface area contributed by atoms with Crippen LogP contribution in [0.3, 0.4) is 0 Å². The van der Waals surface area contributed by atoms with Gasteiger partial charge in [0.2, 0.25) is 5.91 Å². The summed E-state index contributed by atoms with van der Waals surface area (Å²) in [7, 11) is 0. The van der Waals surface area contributed by atoms with Crippen LogP contribution < -0.4 is 5.32 Å². The van der Waals surface area contributed by atoms with Crippen LogP contribution in [0.25, 0.3) is 11.0 Å². The predicted octanol–water partition coefficient (Wildman–Crippen LogP) is 0.980. The van der Waals surface area contributed by atoms with Crippen LogP contribution in [0.5, 0.6) is 0 Å². The summed E-state index contributed by atoms with van der Waals surface area (Å²) in [4.78, 5) is 34.8. The van der Waals surface area contributed by atoms with Crippen LogP contribution in [0.1, 0.15) is 23.7 Å². The van der Waals surface area contributed by atoms with Crippen LogP contribution in [0.4, 0.5) is 0 Å². The van der Waals surface area contributed by atoms with Gasteiger partial charge in [0.25, 0.3) is 5.91 Å². The fourth-order valence-electron chi connectivity index (χ4n) is 2.68. The Kier molecular flexibility index (Phi) is 3.51. The van der Waals surface area contributed by atoms with Crippen molar-refractivity contribution in [3.05, 3.63) is 36.2 Å². The van der Waals surface area contributed by atoms with Gasteiger partial charge in [-0.3, -0.25) is 19.6 Å². The molecule has 0 radical (unpaired) electrons. The maximum absolute atomic E-state index is 12.8. The molecule has 6 heteroatoms. The minimum absolute atomic E-state index is 0.0941. The molecule has 1 aromatic carbocycles. The number of carbonyl (C=O) groups excluding carboxylic acids is 2. The summed E-state index contributed by atoms with van der Waals surface area (Å²) in [6, 6.07) is 4.92. The van der Waals surface area contributed by atoms with Gasteiger partial charge in [0.15, 0.2) is 0 Å². The van der Waals surface area contributed by atoms with Crippen molar-refractivity contribution in [2.45, 2.75) is 19.4 Å². The quantitative estimate of drug-likeness (QED) is 0.892. The molecule has 3 rings (SSSR count). The van der Waals surface area contributed by atoms with Gasteiger partial charge in [-0.25, -0.2) is 0 Å². The maximum Gasteiger partial charge on any atom is 0.256 e. The third-order valence-corrected chi connectivity index (χ3v) is 3.71. The van der Waals surface area contributed by atoms with E-state index >= 15 is 0 Å². The third kappa shape index (κ3) is 2.33. The molecule has 1 atom stereocenters. The lowest BCUT2D eigenvalue weighted by Crippen LogP contribution is -2.56. The molecule has 0 saturated carbocycles. The Bertz CT molecular complexity index is 696. The molecular weight excluding hydrogens is 268 g/mol. The molecule has 108 valence electrons. The molecular formula is C15H16N4O2. The highest BCUT2D eigenvalue weighted by molar-refractivity contribution is 6.06. The minimum Gasteiger partial charge on any atom is -0.353 e. The second-order valence-corrected chi connectivity index (χ2v) is 4.94. The molecule has 1 fully saturated rings. The first-order chi connectivity index (χ1) is 10.2. The average molecular weight is 284 g/mol. The zero-order valence-electron chi connectivity index (χ0n) is 11.7. The molecule has 2 aromatic rings. The monoisotopic (exact) mass is 284 g/mol. The summed E-state index contributed by atoms with van der Waals surface area (Å²) in [5, 5.41) is 2.80. The van der Waals surface area contributed by atoms with E-state index in [4.69, 9.17) is 0 Å². The van der Waals surface area contributed by atoms with Crippen LogP contribution >= 0.6 is 0 Å². The van der Waals surface area contributed by atoms with Crippen LogP contribution in [-0.2, 0) is 4.79 Å². The molecule has 0 bridgehead atoms. The summed E-state index contributed by atoms with van der Waals surface area (Å²) in [5.41, 5.74) is 1.75. The van der Waals surface area contributed by atoms with E-state index in [1.54, 1.807) is 29.4 Å². The van der Waals surface area contributed by atoms with Gasteiger partial charge in [-0.05, 0) is 18.6 Å². The highest BCUT2D eigenvalue weighted by atomic mass is 16.2. The Morgan fingerprint density at radius 2 is 2.19 bits per heavy atom. The number of rotatable bonds is 2. The van der Waals surface area contributed by atoms with Crippen molar-refractivity contribution in [3.63, 3.8) is 0 Å². The largest absolute Gasteiger partial charge is 0.353 e. The number of hydrogen-bond donors (Lipinski definition) is 1. The lowest BCUT2D eigenvalue weighted by Gasteiger charge is -2.34. The van der Waals surface area contributed by atoms with Gasteiger partial charge in [0.1, 0.15) is 11.6 Å². The zero-order chi connectivity index (χ0) is 14.8. The van der Waals surface area contributed by atoms with Crippen molar-refractivity contribution in [1.82, 2.24) is 20.2 Å². The fourth-order valence-corrected chi connectivity index (χ4v) is 2.68. The topological polar surface area (TPSA) is 75.2 Å². The number of para-hydroxylation sites is 1. The van der Waals surface area contributed by atoms with Gasteiger partial charge in [0, 0.05) is 25.5 Å². The molecule has 1 aromatic heterocycles. The molecule has 21 heavy (non-hydrogen) atoms. The second kappa shape index (κ2) is 5.47. The fraction of sp³-hybridized carbons (Fsp3) is 0.333. The van der Waals surface area contributed by atoms with E-state index in [0.717, 1.165) is 0 Å². The van der Waals surface area contributed by atoms with E-state index in [0.29, 0.717) is 36.1 Å². The maximum atomic E-state index is 12.8. The molecule has 1 unspecified atom stereocenters. The number of benzene rings is 1. The standard InChI is InChI=1S/C15H16N4O2/c1-2-12-14(20)18-8-9-19(12)15(21)10-4-3-5-11-13(10)17-7-6-16-11/h3-7,12H,2,8-9H2,1H3,(H,18,20). The summed E-state index contributed by atoms with van der Waals surface area (Å²) in [6.07, 6.45) is 3.76. The molecule has 6 nitrogen and oxygen atoms in total. The van der Waals surface area contributed by atoms with Crippen LogP contribution in [-0.4, -0.2) is 45.8 Å². The summed E-state index contributed by atoms with van der Waals surface area (Å²) in [5.74, 6) is -0.258. The first-order valence-electron chi connectivity index (χ1n) is 7.00. The molecule has 0 spiro atoms. The molecule has 1 aliphatic heterocycles. The smallest absolute Gasteiger partial charge is 0.256 e. The Balaban J connectivity index is 2.02. The molecule has 2 heterocycles. The van der Waals surface area contributed by atoms with E-state index in [1.807, 2.05) is 13.0 Å². The van der Waals surface area contributed by atoms with E-state index in [1.165, 1.54) is 0 Å². The molecule has 0 aliphatic carbocycles. The molecule has 2 amide bonds. The van der Waals surface area contributed by atoms with Crippen molar-refractivity contribution in [3.8, 4) is 0 Å². The highest BCUT2D eigenvalue weighted by Gasteiger charge is 2.32. The first kappa shape index (κ1) is 13.5. The van der Waals surface area contributed by atoms with Crippen LogP contribution in [0.2, 0.25) is 0 Å². The Hall–Kier alpha value is -2.50. The Morgan fingerprint density at radius 1 is 1.38 bits per heavy atom. The number of aromatic nitrogens is 2. The molecule has 1 N–H and O–H groups in total. The predicted molar refractivity (Wildman–Crippen MR) is 77.7 cm³/mol. The Labute approximate surface area is 122 Å². The number of carbonyl (C=O) groups is 2. The molecule has 1 saturated heterocycles. The van der Waals surface area contributed by atoms with E-state index < -0.39 is 6.04 Å².